The number of fused-ring (bicyclic) bond motifs is 2. The fourth-order valence-electron chi connectivity index (χ4n) is 3.59. The number of hydrogen-bond acceptors (Lipinski definition) is 7. The number of rotatable bonds is 4. The van der Waals surface area contributed by atoms with Gasteiger partial charge in [0.1, 0.15) is 11.3 Å². The largest absolute Gasteiger partial charge is 0.488 e. The van der Waals surface area contributed by atoms with E-state index in [0.29, 0.717) is 5.95 Å². The number of aromatic nitrogens is 3. The van der Waals surface area contributed by atoms with Gasteiger partial charge in [0.05, 0.1) is 27.9 Å². The lowest BCUT2D eigenvalue weighted by molar-refractivity contribution is 0.0672. The molecule has 0 bridgehead atoms. The van der Waals surface area contributed by atoms with Gasteiger partial charge in [-0.25, -0.2) is 15.0 Å². The molecule has 0 radical (unpaired) electrons. The molecule has 1 fully saturated rings. The van der Waals surface area contributed by atoms with Crippen LogP contribution in [0.1, 0.15) is 25.7 Å². The van der Waals surface area contributed by atoms with Crippen molar-refractivity contribution in [1.29, 1.82) is 0 Å². The number of nitrogens with one attached hydrogen (secondary N) is 1. The summed E-state index contributed by atoms with van der Waals surface area (Å²) >= 11 is 1.61. The molecule has 0 saturated heterocycles. The van der Waals surface area contributed by atoms with Crippen molar-refractivity contribution in [2.45, 2.75) is 37.9 Å². The van der Waals surface area contributed by atoms with Crippen LogP contribution >= 0.6 is 11.3 Å². The standard InChI is InChI=1S/C21H20N4O2S/c26-15-5-7-16(8-6-15)27-18-3-1-2-13-11-22-21(25-20(13)18)24-14-4-9-17-19(10-14)28-12-23-17/h1-4,9-12,15-16,26H,5-8H2,(H,22,24,25)/t15-,16+. The molecule has 0 aliphatic heterocycles. The van der Waals surface area contributed by atoms with Crippen molar-refractivity contribution in [3.05, 3.63) is 48.1 Å². The van der Waals surface area contributed by atoms with Crippen LogP contribution in [-0.4, -0.2) is 32.3 Å². The van der Waals surface area contributed by atoms with E-state index in [1.54, 1.807) is 11.3 Å². The average molecular weight is 392 g/mol. The smallest absolute Gasteiger partial charge is 0.227 e. The average Bonchev–Trinajstić information content (AvgIpc) is 3.18. The molecule has 2 aromatic carbocycles. The summed E-state index contributed by atoms with van der Waals surface area (Å²) in [6, 6.07) is 11.9. The first-order valence-electron chi connectivity index (χ1n) is 9.45. The maximum absolute atomic E-state index is 9.71. The maximum Gasteiger partial charge on any atom is 0.227 e. The molecule has 0 spiro atoms. The fraction of sp³-hybridized carbons (Fsp3) is 0.286. The lowest BCUT2D eigenvalue weighted by atomic mass is 9.95. The first-order valence-corrected chi connectivity index (χ1v) is 10.3. The minimum atomic E-state index is -0.193. The van der Waals surface area contributed by atoms with Crippen LogP contribution in [0.4, 0.5) is 11.6 Å². The highest BCUT2D eigenvalue weighted by molar-refractivity contribution is 7.16. The predicted molar refractivity (Wildman–Crippen MR) is 111 cm³/mol. The summed E-state index contributed by atoms with van der Waals surface area (Å²) in [4.78, 5) is 13.5. The second-order valence-corrected chi connectivity index (χ2v) is 7.98. The van der Waals surface area contributed by atoms with E-state index in [1.807, 2.05) is 42.0 Å². The van der Waals surface area contributed by atoms with Crippen LogP contribution in [0.2, 0.25) is 0 Å². The molecule has 0 atom stereocenters. The van der Waals surface area contributed by atoms with Gasteiger partial charge in [-0.15, -0.1) is 11.3 Å². The van der Waals surface area contributed by atoms with Crippen LogP contribution in [-0.2, 0) is 0 Å². The van der Waals surface area contributed by atoms with Crippen molar-refractivity contribution in [2.75, 3.05) is 5.32 Å². The van der Waals surface area contributed by atoms with Gasteiger partial charge in [0.2, 0.25) is 5.95 Å². The first-order chi connectivity index (χ1) is 13.7. The number of thiazole rings is 1. The van der Waals surface area contributed by atoms with E-state index in [9.17, 15) is 5.11 Å². The van der Waals surface area contributed by atoms with Crippen molar-refractivity contribution in [3.8, 4) is 5.75 Å². The van der Waals surface area contributed by atoms with Crippen LogP contribution in [0.5, 0.6) is 5.75 Å². The normalized spacial score (nSPS) is 19.8. The van der Waals surface area contributed by atoms with Gasteiger partial charge in [-0.3, -0.25) is 0 Å². The number of benzene rings is 2. The van der Waals surface area contributed by atoms with E-state index in [4.69, 9.17) is 9.72 Å². The van der Waals surface area contributed by atoms with Crippen LogP contribution in [0.25, 0.3) is 21.1 Å². The highest BCUT2D eigenvalue weighted by atomic mass is 32.1. The number of nitrogens with zero attached hydrogens (tertiary/aromatic N) is 3. The predicted octanol–water partition coefficient (Wildman–Crippen LogP) is 4.67. The molecule has 5 rings (SSSR count). The zero-order valence-electron chi connectivity index (χ0n) is 15.2. The Kier molecular flexibility index (Phi) is 4.54. The van der Waals surface area contributed by atoms with E-state index in [0.717, 1.165) is 58.2 Å². The molecular formula is C21H20N4O2S. The molecular weight excluding hydrogens is 372 g/mol. The van der Waals surface area contributed by atoms with E-state index >= 15 is 0 Å². The molecule has 1 saturated carbocycles. The molecule has 2 N–H and O–H groups in total. The van der Waals surface area contributed by atoms with Gasteiger partial charge in [-0.1, -0.05) is 12.1 Å². The molecule has 2 heterocycles. The molecule has 0 unspecified atom stereocenters. The molecule has 2 aromatic heterocycles. The zero-order chi connectivity index (χ0) is 18.9. The monoisotopic (exact) mass is 392 g/mol. The van der Waals surface area contributed by atoms with Crippen LogP contribution in [0, 0.1) is 0 Å². The van der Waals surface area contributed by atoms with Gasteiger partial charge in [-0.2, -0.15) is 0 Å². The number of para-hydroxylation sites is 1. The number of aliphatic hydroxyl groups is 1. The highest BCUT2D eigenvalue weighted by Crippen LogP contribution is 2.30. The Labute approximate surface area is 166 Å². The third kappa shape index (κ3) is 3.50. The number of hydrogen-bond donors (Lipinski definition) is 2. The Balaban J connectivity index is 1.42. The minimum Gasteiger partial charge on any atom is -0.488 e. The van der Waals surface area contributed by atoms with Crippen LogP contribution in [0.15, 0.2) is 48.1 Å². The summed E-state index contributed by atoms with van der Waals surface area (Å²) in [7, 11) is 0. The summed E-state index contributed by atoms with van der Waals surface area (Å²) in [6.07, 6.45) is 5.04. The topological polar surface area (TPSA) is 80.2 Å². The fourth-order valence-corrected chi connectivity index (χ4v) is 4.30. The molecule has 1 aliphatic carbocycles. The quantitative estimate of drug-likeness (QED) is 0.526. The molecule has 28 heavy (non-hydrogen) atoms. The Bertz CT molecular complexity index is 1120. The lowest BCUT2D eigenvalue weighted by Gasteiger charge is -2.26. The zero-order valence-corrected chi connectivity index (χ0v) is 16.0. The second kappa shape index (κ2) is 7.33. The summed E-state index contributed by atoms with van der Waals surface area (Å²) in [5, 5.41) is 13.9. The van der Waals surface area contributed by atoms with Gasteiger partial charge < -0.3 is 15.2 Å². The third-order valence-corrected chi connectivity index (χ3v) is 5.89. The molecule has 0 amide bonds. The number of anilines is 2. The van der Waals surface area contributed by atoms with Crippen molar-refractivity contribution in [2.24, 2.45) is 0 Å². The Hall–Kier alpha value is -2.77. The van der Waals surface area contributed by atoms with Crippen molar-refractivity contribution in [3.63, 3.8) is 0 Å². The van der Waals surface area contributed by atoms with E-state index in [2.05, 4.69) is 21.4 Å². The third-order valence-electron chi connectivity index (χ3n) is 5.10. The maximum atomic E-state index is 9.71. The number of aliphatic hydroxyl groups excluding tert-OH is 1. The molecule has 142 valence electrons. The SMILES string of the molecule is O[C@H]1CC[C@@H](Oc2cccc3cnc(Nc4ccc5ncsc5c4)nc23)CC1. The van der Waals surface area contributed by atoms with Gasteiger partial charge in [-0.05, 0) is 49.9 Å². The Morgan fingerprint density at radius 2 is 1.96 bits per heavy atom. The Morgan fingerprint density at radius 1 is 1.07 bits per heavy atom. The Morgan fingerprint density at radius 3 is 2.86 bits per heavy atom. The number of ether oxygens (including phenoxy) is 1. The summed E-state index contributed by atoms with van der Waals surface area (Å²) in [5.41, 5.74) is 4.55. The van der Waals surface area contributed by atoms with Gasteiger partial charge in [0.25, 0.3) is 0 Å². The molecule has 4 aromatic rings. The summed E-state index contributed by atoms with van der Waals surface area (Å²) in [5.74, 6) is 1.30. The van der Waals surface area contributed by atoms with Crippen molar-refractivity contribution < 1.29 is 9.84 Å². The van der Waals surface area contributed by atoms with E-state index in [-0.39, 0.29) is 12.2 Å². The lowest BCUT2D eigenvalue weighted by Crippen LogP contribution is -2.26. The van der Waals surface area contributed by atoms with Gasteiger partial charge in [0.15, 0.2) is 0 Å². The molecule has 7 heteroatoms. The molecule has 1 aliphatic rings. The van der Waals surface area contributed by atoms with Gasteiger partial charge >= 0.3 is 0 Å². The second-order valence-electron chi connectivity index (χ2n) is 7.10. The minimum absolute atomic E-state index is 0.120. The van der Waals surface area contributed by atoms with E-state index in [1.165, 1.54) is 0 Å². The summed E-state index contributed by atoms with van der Waals surface area (Å²) < 4.78 is 7.35. The van der Waals surface area contributed by atoms with E-state index < -0.39 is 0 Å². The summed E-state index contributed by atoms with van der Waals surface area (Å²) in [6.45, 7) is 0. The van der Waals surface area contributed by atoms with Crippen molar-refractivity contribution in [1.82, 2.24) is 15.0 Å². The van der Waals surface area contributed by atoms with Crippen LogP contribution < -0.4 is 10.1 Å². The highest BCUT2D eigenvalue weighted by Gasteiger charge is 2.21. The van der Waals surface area contributed by atoms with Crippen LogP contribution in [0.3, 0.4) is 0 Å². The van der Waals surface area contributed by atoms with Crippen molar-refractivity contribution >= 4 is 44.1 Å². The first kappa shape index (κ1) is 17.3. The van der Waals surface area contributed by atoms with Gasteiger partial charge in [0, 0.05) is 17.3 Å². The molecule has 6 nitrogen and oxygen atoms in total.